The predicted molar refractivity (Wildman–Crippen MR) is 113 cm³/mol. The lowest BCUT2D eigenvalue weighted by Gasteiger charge is -2.36. The van der Waals surface area contributed by atoms with E-state index in [-0.39, 0.29) is 5.91 Å². The molecule has 7 heteroatoms. The molecule has 1 aliphatic rings. The van der Waals surface area contributed by atoms with Crippen LogP contribution in [0.3, 0.4) is 0 Å². The van der Waals surface area contributed by atoms with Crippen LogP contribution in [-0.4, -0.2) is 51.9 Å². The molecule has 0 saturated heterocycles. The first-order chi connectivity index (χ1) is 14.1. The molecular formula is C22H27N3O4. The Balaban J connectivity index is 1.76. The molecule has 0 fully saturated rings. The number of aryl methyl sites for hydroxylation is 1. The molecule has 0 unspecified atom stereocenters. The molecule has 0 atom stereocenters. The Kier molecular flexibility index (Phi) is 6.59. The van der Waals surface area contributed by atoms with Crippen LogP contribution in [-0.2, 0) is 11.2 Å². The molecular weight excluding hydrogens is 370 g/mol. The number of methoxy groups -OCH3 is 3. The largest absolute Gasteiger partial charge is 0.493 e. The first kappa shape index (κ1) is 20.5. The second-order valence-corrected chi connectivity index (χ2v) is 6.66. The molecule has 0 spiro atoms. The van der Waals surface area contributed by atoms with Crippen LogP contribution in [0.2, 0.25) is 0 Å². The standard InChI is InChI=1S/C22H27N3O4/c1-5-11-24-12-13-25(17-7-6-10-23-22(17)24)20(26)9-8-16-14-18(27-2)21(29-4)19(15-16)28-3/h5-7,10,14-15H,1,8-9,11-13H2,2-4H3. The van der Waals surface area contributed by atoms with Gasteiger partial charge in [0.05, 0.1) is 27.0 Å². The van der Waals surface area contributed by atoms with Gasteiger partial charge in [0.25, 0.3) is 0 Å². The lowest BCUT2D eigenvalue weighted by Crippen LogP contribution is -2.44. The van der Waals surface area contributed by atoms with Crippen molar-refractivity contribution in [3.05, 3.63) is 48.7 Å². The van der Waals surface area contributed by atoms with E-state index in [0.717, 1.165) is 23.6 Å². The Morgan fingerprint density at radius 3 is 2.52 bits per heavy atom. The molecule has 0 bridgehead atoms. The highest BCUT2D eigenvalue weighted by atomic mass is 16.5. The van der Waals surface area contributed by atoms with Crippen LogP contribution in [0, 0.1) is 0 Å². The summed E-state index contributed by atoms with van der Waals surface area (Å²) < 4.78 is 16.2. The topological polar surface area (TPSA) is 64.1 Å². The van der Waals surface area contributed by atoms with Gasteiger partial charge >= 0.3 is 0 Å². The van der Waals surface area contributed by atoms with Crippen LogP contribution in [0.5, 0.6) is 17.2 Å². The van der Waals surface area contributed by atoms with E-state index < -0.39 is 0 Å². The highest BCUT2D eigenvalue weighted by Crippen LogP contribution is 2.38. The average molecular weight is 397 g/mol. The minimum absolute atomic E-state index is 0.0613. The third-order valence-electron chi connectivity index (χ3n) is 4.95. The van der Waals surface area contributed by atoms with Gasteiger partial charge in [-0.05, 0) is 36.2 Å². The Morgan fingerprint density at radius 1 is 1.17 bits per heavy atom. The number of anilines is 2. The van der Waals surface area contributed by atoms with E-state index in [9.17, 15) is 4.79 Å². The summed E-state index contributed by atoms with van der Waals surface area (Å²) in [6.07, 6.45) is 4.53. The number of fused-ring (bicyclic) bond motifs is 1. The second kappa shape index (κ2) is 9.32. The maximum Gasteiger partial charge on any atom is 0.227 e. The summed E-state index contributed by atoms with van der Waals surface area (Å²) in [5.41, 5.74) is 1.79. The molecule has 0 saturated carbocycles. The highest BCUT2D eigenvalue weighted by molar-refractivity contribution is 5.97. The zero-order valence-corrected chi connectivity index (χ0v) is 17.2. The van der Waals surface area contributed by atoms with E-state index in [2.05, 4.69) is 16.5 Å². The molecule has 0 N–H and O–H groups in total. The average Bonchev–Trinajstić information content (AvgIpc) is 2.76. The summed E-state index contributed by atoms with van der Waals surface area (Å²) in [6.45, 7) is 5.87. The normalized spacial score (nSPS) is 12.9. The van der Waals surface area contributed by atoms with Crippen molar-refractivity contribution in [2.75, 3.05) is 50.8 Å². The number of rotatable bonds is 8. The molecule has 7 nitrogen and oxygen atoms in total. The predicted octanol–water partition coefficient (Wildman–Crippen LogP) is 3.08. The van der Waals surface area contributed by atoms with Crippen molar-refractivity contribution in [2.24, 2.45) is 0 Å². The summed E-state index contributed by atoms with van der Waals surface area (Å²) in [5.74, 6) is 2.60. The fourth-order valence-electron chi connectivity index (χ4n) is 3.55. The van der Waals surface area contributed by atoms with Gasteiger partial charge in [-0.25, -0.2) is 4.98 Å². The maximum absolute atomic E-state index is 13.0. The number of aromatic nitrogens is 1. The van der Waals surface area contributed by atoms with Gasteiger partial charge in [0.1, 0.15) is 0 Å². The minimum atomic E-state index is 0.0613. The van der Waals surface area contributed by atoms with Crippen LogP contribution < -0.4 is 24.0 Å². The van der Waals surface area contributed by atoms with Crippen LogP contribution in [0.15, 0.2) is 43.1 Å². The first-order valence-corrected chi connectivity index (χ1v) is 9.53. The Bertz CT molecular complexity index is 859. The van der Waals surface area contributed by atoms with Gasteiger partial charge in [0.2, 0.25) is 11.7 Å². The van der Waals surface area contributed by atoms with Gasteiger partial charge in [0.15, 0.2) is 17.3 Å². The van der Waals surface area contributed by atoms with Gasteiger partial charge in [0, 0.05) is 32.3 Å². The summed E-state index contributed by atoms with van der Waals surface area (Å²) in [6, 6.07) is 7.56. The van der Waals surface area contributed by atoms with Crippen molar-refractivity contribution in [3.8, 4) is 17.2 Å². The quantitative estimate of drug-likeness (QED) is 0.638. The van der Waals surface area contributed by atoms with Gasteiger partial charge in [-0.1, -0.05) is 6.08 Å². The lowest BCUT2D eigenvalue weighted by molar-refractivity contribution is -0.118. The van der Waals surface area contributed by atoms with Crippen molar-refractivity contribution in [1.29, 1.82) is 0 Å². The fourth-order valence-corrected chi connectivity index (χ4v) is 3.55. The van der Waals surface area contributed by atoms with E-state index in [1.807, 2.05) is 35.2 Å². The smallest absolute Gasteiger partial charge is 0.227 e. The third-order valence-corrected chi connectivity index (χ3v) is 4.95. The first-order valence-electron chi connectivity index (χ1n) is 9.53. The van der Waals surface area contributed by atoms with Crippen molar-refractivity contribution >= 4 is 17.4 Å². The van der Waals surface area contributed by atoms with Gasteiger partial charge in [-0.2, -0.15) is 0 Å². The number of hydrogen-bond donors (Lipinski definition) is 0. The summed E-state index contributed by atoms with van der Waals surface area (Å²) in [4.78, 5) is 21.4. The number of ether oxygens (including phenoxy) is 3. The number of carbonyl (C=O) groups is 1. The maximum atomic E-state index is 13.0. The van der Waals surface area contributed by atoms with Crippen LogP contribution >= 0.6 is 0 Å². The molecule has 1 amide bonds. The third kappa shape index (κ3) is 4.29. The highest BCUT2D eigenvalue weighted by Gasteiger charge is 2.27. The van der Waals surface area contributed by atoms with E-state index in [1.165, 1.54) is 0 Å². The van der Waals surface area contributed by atoms with E-state index in [4.69, 9.17) is 14.2 Å². The SMILES string of the molecule is C=CCN1CCN(C(=O)CCc2cc(OC)c(OC)c(OC)c2)c2cccnc21. The zero-order valence-electron chi connectivity index (χ0n) is 17.2. The number of pyridine rings is 1. The molecule has 1 aliphatic heterocycles. The second-order valence-electron chi connectivity index (χ2n) is 6.66. The van der Waals surface area contributed by atoms with Gasteiger partial charge in [-0.3, -0.25) is 4.79 Å². The molecule has 0 aliphatic carbocycles. The van der Waals surface area contributed by atoms with E-state index in [1.54, 1.807) is 27.5 Å². The summed E-state index contributed by atoms with van der Waals surface area (Å²) in [7, 11) is 4.73. The molecule has 2 heterocycles. The molecule has 154 valence electrons. The summed E-state index contributed by atoms with van der Waals surface area (Å²) >= 11 is 0. The molecule has 29 heavy (non-hydrogen) atoms. The Hall–Kier alpha value is -3.22. The van der Waals surface area contributed by atoms with Crippen LogP contribution in [0.4, 0.5) is 11.5 Å². The Labute approximate surface area is 171 Å². The van der Waals surface area contributed by atoms with Crippen molar-refractivity contribution in [3.63, 3.8) is 0 Å². The molecule has 2 aromatic rings. The number of hydrogen-bond acceptors (Lipinski definition) is 6. The van der Waals surface area contributed by atoms with Crippen molar-refractivity contribution < 1.29 is 19.0 Å². The van der Waals surface area contributed by atoms with Crippen LogP contribution in [0.1, 0.15) is 12.0 Å². The van der Waals surface area contributed by atoms with Gasteiger partial charge in [-0.15, -0.1) is 6.58 Å². The fraction of sp³-hybridized carbons (Fsp3) is 0.364. The van der Waals surface area contributed by atoms with Gasteiger partial charge < -0.3 is 24.0 Å². The Morgan fingerprint density at radius 2 is 1.90 bits per heavy atom. The monoisotopic (exact) mass is 397 g/mol. The molecule has 0 radical (unpaired) electrons. The number of nitrogens with zero attached hydrogens (tertiary/aromatic N) is 3. The lowest BCUT2D eigenvalue weighted by atomic mass is 10.1. The molecule has 1 aromatic carbocycles. The van der Waals surface area contributed by atoms with E-state index >= 15 is 0 Å². The summed E-state index contributed by atoms with van der Waals surface area (Å²) in [5, 5.41) is 0. The number of benzene rings is 1. The number of carbonyl (C=O) groups excluding carboxylic acids is 1. The number of amides is 1. The van der Waals surface area contributed by atoms with E-state index in [0.29, 0.717) is 43.2 Å². The van der Waals surface area contributed by atoms with Crippen molar-refractivity contribution in [2.45, 2.75) is 12.8 Å². The molecule has 1 aromatic heterocycles. The van der Waals surface area contributed by atoms with Crippen molar-refractivity contribution in [1.82, 2.24) is 4.98 Å². The minimum Gasteiger partial charge on any atom is -0.493 e. The molecule has 3 rings (SSSR count). The van der Waals surface area contributed by atoms with Crippen LogP contribution in [0.25, 0.3) is 0 Å². The zero-order chi connectivity index (χ0) is 20.8.